The third kappa shape index (κ3) is 1.73. The van der Waals surface area contributed by atoms with Gasteiger partial charge in [0.25, 0.3) is 0 Å². The summed E-state index contributed by atoms with van der Waals surface area (Å²) in [6, 6.07) is 7.76. The van der Waals surface area contributed by atoms with Crippen molar-refractivity contribution < 1.29 is 15.7 Å². The van der Waals surface area contributed by atoms with E-state index in [1.165, 1.54) is 0 Å². The lowest BCUT2D eigenvalue weighted by Gasteiger charge is -2.07. The molecule has 17 heavy (non-hydrogen) atoms. The fraction of sp³-hybridized carbons (Fsp3) is 0.0769. The number of hydrogen-bond donors (Lipinski definition) is 0. The van der Waals surface area contributed by atoms with E-state index in [2.05, 4.69) is 4.99 Å². The van der Waals surface area contributed by atoms with Gasteiger partial charge in [-0.15, -0.1) is 0 Å². The van der Waals surface area contributed by atoms with Gasteiger partial charge in [0, 0.05) is 5.22 Å². The van der Waals surface area contributed by atoms with Crippen LogP contribution in [0.3, 0.4) is 0 Å². The predicted octanol–water partition coefficient (Wildman–Crippen LogP) is -0.766. The lowest BCUT2D eigenvalue weighted by Crippen LogP contribution is -2.24. The molecule has 4 nitrogen and oxygen atoms in total. The molecule has 0 aromatic heterocycles. The molecule has 0 unspecified atom stereocenters. The third-order valence-corrected chi connectivity index (χ3v) is 2.75. The maximum absolute atomic E-state index is 11.8. The number of para-hydroxylation sites is 1. The molecule has 1 aromatic carbocycles. The smallest absolute Gasteiger partial charge is 0.188 e. The summed E-state index contributed by atoms with van der Waals surface area (Å²) in [5.41, 5.74) is 2.65. The Bertz CT molecular complexity index is 653. The van der Waals surface area contributed by atoms with Gasteiger partial charge in [0.15, 0.2) is 5.78 Å². The lowest BCUT2D eigenvalue weighted by molar-refractivity contribution is -0.109. The van der Waals surface area contributed by atoms with Crippen molar-refractivity contribution in [2.45, 2.75) is 6.92 Å². The van der Waals surface area contributed by atoms with Gasteiger partial charge < -0.3 is 11.0 Å². The summed E-state index contributed by atoms with van der Waals surface area (Å²) in [5, 5.41) is 1.86. The van der Waals surface area contributed by atoms with E-state index >= 15 is 0 Å². The Balaban J connectivity index is 0.000000722. The van der Waals surface area contributed by atoms with Gasteiger partial charge >= 0.3 is 0 Å². The zero-order valence-corrected chi connectivity index (χ0v) is 9.32. The predicted molar refractivity (Wildman–Crippen MR) is 64.7 cm³/mol. The zero-order valence-electron chi connectivity index (χ0n) is 9.32. The Hall–Kier alpha value is -2.04. The van der Waals surface area contributed by atoms with Crippen molar-refractivity contribution in [2.24, 2.45) is 4.99 Å². The summed E-state index contributed by atoms with van der Waals surface area (Å²) >= 11 is 0. The monoisotopic (exact) mass is 231 g/mol. The van der Waals surface area contributed by atoms with Crippen molar-refractivity contribution in [3.8, 4) is 0 Å². The minimum Gasteiger partial charge on any atom is -0.412 e. The molecule has 1 heterocycles. The van der Waals surface area contributed by atoms with Gasteiger partial charge in [-0.3, -0.25) is 4.79 Å². The number of carbonyl (C=O) groups is 1. The second-order valence-electron chi connectivity index (χ2n) is 3.73. The van der Waals surface area contributed by atoms with Gasteiger partial charge in [-0.1, -0.05) is 24.3 Å². The van der Waals surface area contributed by atoms with Crippen LogP contribution in [0.4, 0.5) is 0 Å². The maximum atomic E-state index is 11.8. The first-order chi connectivity index (χ1) is 7.27. The summed E-state index contributed by atoms with van der Waals surface area (Å²) in [5.74, 6) is 0.0595. The Morgan fingerprint density at radius 2 is 1.76 bits per heavy atom. The lowest BCUT2D eigenvalue weighted by atomic mass is 9.97. The molecule has 3 rings (SSSR count). The summed E-state index contributed by atoms with van der Waals surface area (Å²) in [7, 11) is 0. The van der Waals surface area contributed by atoms with E-state index in [1.54, 1.807) is 6.08 Å². The van der Waals surface area contributed by atoms with Crippen LogP contribution in [-0.2, 0) is 4.79 Å². The molecule has 0 spiro atoms. The maximum Gasteiger partial charge on any atom is 0.188 e. The van der Waals surface area contributed by atoms with Crippen molar-refractivity contribution in [2.75, 3.05) is 0 Å². The molecule has 1 aliphatic heterocycles. The summed E-state index contributed by atoms with van der Waals surface area (Å²) in [6.07, 6.45) is 3.45. The van der Waals surface area contributed by atoms with Gasteiger partial charge in [0.2, 0.25) is 0 Å². The standard InChI is InChI=1S/C13H9NO.2H2O/c1-8-6-7-11(15)12-9-4-2-3-5-10(9)14-13(8)12;;/h2-7H,1H3;2*1H2. The normalized spacial score (nSPS) is 15.6. The highest BCUT2D eigenvalue weighted by molar-refractivity contribution is 6.27. The highest BCUT2D eigenvalue weighted by Crippen LogP contribution is 2.24. The molecule has 0 amide bonds. The molecule has 88 valence electrons. The van der Waals surface area contributed by atoms with Crippen molar-refractivity contribution in [1.29, 1.82) is 0 Å². The van der Waals surface area contributed by atoms with E-state index in [0.717, 1.165) is 27.4 Å². The van der Waals surface area contributed by atoms with E-state index in [0.29, 0.717) is 0 Å². The first kappa shape index (κ1) is 13.0. The SMILES string of the molecule is CC1=C2N=c3ccccc3=C2C(=O)C=C1.O.O. The number of rotatable bonds is 0. The zero-order chi connectivity index (χ0) is 10.4. The van der Waals surface area contributed by atoms with Crippen LogP contribution in [0.15, 0.2) is 52.7 Å². The number of fused-ring (bicyclic) bond motifs is 2. The fourth-order valence-electron chi connectivity index (χ4n) is 1.98. The minimum absolute atomic E-state index is 0. The van der Waals surface area contributed by atoms with Gasteiger partial charge in [0.05, 0.1) is 16.6 Å². The van der Waals surface area contributed by atoms with Crippen molar-refractivity contribution in [3.63, 3.8) is 0 Å². The molecular formula is C13H13NO3. The van der Waals surface area contributed by atoms with E-state index in [-0.39, 0.29) is 16.7 Å². The summed E-state index contributed by atoms with van der Waals surface area (Å²) in [6.45, 7) is 1.98. The molecule has 0 fully saturated rings. The fourth-order valence-corrected chi connectivity index (χ4v) is 1.98. The number of nitrogens with zero attached hydrogens (tertiary/aromatic N) is 1. The Kier molecular flexibility index (Phi) is 3.41. The second kappa shape index (κ2) is 4.45. The van der Waals surface area contributed by atoms with E-state index in [1.807, 2.05) is 37.3 Å². The van der Waals surface area contributed by atoms with Crippen molar-refractivity contribution >= 4 is 11.4 Å². The van der Waals surface area contributed by atoms with Crippen LogP contribution in [0.2, 0.25) is 0 Å². The van der Waals surface area contributed by atoms with Gasteiger partial charge in [-0.2, -0.15) is 0 Å². The first-order valence-electron chi connectivity index (χ1n) is 4.89. The Morgan fingerprint density at radius 3 is 2.53 bits per heavy atom. The van der Waals surface area contributed by atoms with E-state index in [4.69, 9.17) is 0 Å². The van der Waals surface area contributed by atoms with Crippen LogP contribution >= 0.6 is 0 Å². The van der Waals surface area contributed by atoms with Gasteiger partial charge in [-0.25, -0.2) is 4.99 Å². The van der Waals surface area contributed by atoms with Crippen molar-refractivity contribution in [1.82, 2.24) is 0 Å². The van der Waals surface area contributed by atoms with Crippen molar-refractivity contribution in [3.05, 3.63) is 58.3 Å². The number of hydrogen-bond acceptors (Lipinski definition) is 2. The number of ketones is 1. The average Bonchev–Trinajstić information content (AvgIpc) is 2.64. The quantitative estimate of drug-likeness (QED) is 0.576. The number of allylic oxidation sites excluding steroid dienone is 4. The topological polar surface area (TPSA) is 92.4 Å². The summed E-state index contributed by atoms with van der Waals surface area (Å²) < 4.78 is 0. The molecule has 1 aliphatic carbocycles. The molecule has 0 radical (unpaired) electrons. The summed E-state index contributed by atoms with van der Waals surface area (Å²) in [4.78, 5) is 16.2. The molecule has 0 saturated carbocycles. The third-order valence-electron chi connectivity index (χ3n) is 2.75. The van der Waals surface area contributed by atoms with E-state index < -0.39 is 0 Å². The Morgan fingerprint density at radius 1 is 1.06 bits per heavy atom. The largest absolute Gasteiger partial charge is 0.412 e. The minimum atomic E-state index is 0. The number of benzene rings is 1. The van der Waals surface area contributed by atoms with Crippen LogP contribution in [-0.4, -0.2) is 16.7 Å². The molecule has 0 atom stereocenters. The second-order valence-corrected chi connectivity index (χ2v) is 3.73. The van der Waals surface area contributed by atoms with Crippen LogP contribution in [0.25, 0.3) is 5.57 Å². The molecule has 4 heteroatoms. The average molecular weight is 231 g/mol. The van der Waals surface area contributed by atoms with Crippen LogP contribution < -0.4 is 10.6 Å². The highest BCUT2D eigenvalue weighted by Gasteiger charge is 2.22. The number of carbonyl (C=O) groups excluding carboxylic acids is 1. The van der Waals surface area contributed by atoms with E-state index in [9.17, 15) is 4.79 Å². The highest BCUT2D eigenvalue weighted by atomic mass is 16.1. The van der Waals surface area contributed by atoms with Gasteiger partial charge in [0.1, 0.15) is 0 Å². The molecular weight excluding hydrogens is 218 g/mol. The molecule has 2 aliphatic rings. The molecule has 4 N–H and O–H groups in total. The van der Waals surface area contributed by atoms with Gasteiger partial charge in [-0.05, 0) is 24.6 Å². The van der Waals surface area contributed by atoms with Crippen LogP contribution in [0, 0.1) is 0 Å². The van der Waals surface area contributed by atoms with Crippen LogP contribution in [0.1, 0.15) is 6.92 Å². The molecule has 0 bridgehead atoms. The Labute approximate surface area is 97.9 Å². The van der Waals surface area contributed by atoms with Crippen LogP contribution in [0.5, 0.6) is 0 Å². The molecule has 1 aromatic rings. The first-order valence-corrected chi connectivity index (χ1v) is 4.89. The molecule has 0 saturated heterocycles.